The van der Waals surface area contributed by atoms with Crippen molar-refractivity contribution in [2.24, 2.45) is 0 Å². The molecule has 1 amide bonds. The highest BCUT2D eigenvalue weighted by atomic mass is 32.2. The maximum Gasteiger partial charge on any atom is 0.242 e. The summed E-state index contributed by atoms with van der Waals surface area (Å²) in [4.78, 5) is 15.2. The molecule has 106 valence electrons. The number of anilines is 1. The third-order valence-electron chi connectivity index (χ3n) is 2.20. The van der Waals surface area contributed by atoms with Crippen molar-refractivity contribution < 1.29 is 13.2 Å². The smallest absolute Gasteiger partial charge is 0.242 e. The molecule has 0 bridgehead atoms. The Morgan fingerprint density at radius 3 is 2.53 bits per heavy atom. The second-order valence-electron chi connectivity index (χ2n) is 3.69. The molecule has 0 fully saturated rings. The Hall–Kier alpha value is -1.67. The SMILES string of the molecule is CCNC(=O)CNS(=O)(=O)c1ccc(NCC)nc1. The number of pyridine rings is 1. The van der Waals surface area contributed by atoms with Gasteiger partial charge in [-0.1, -0.05) is 0 Å². The zero-order valence-corrected chi connectivity index (χ0v) is 11.8. The van der Waals surface area contributed by atoms with Crippen molar-refractivity contribution in [2.45, 2.75) is 18.7 Å². The average Bonchev–Trinajstić information content (AvgIpc) is 2.38. The molecule has 0 aromatic carbocycles. The van der Waals surface area contributed by atoms with Gasteiger partial charge < -0.3 is 10.6 Å². The Morgan fingerprint density at radius 1 is 1.26 bits per heavy atom. The Morgan fingerprint density at radius 2 is 2.00 bits per heavy atom. The van der Waals surface area contributed by atoms with Gasteiger partial charge in [-0.05, 0) is 26.0 Å². The molecule has 0 aliphatic heterocycles. The average molecular weight is 286 g/mol. The van der Waals surface area contributed by atoms with Crippen LogP contribution in [0.1, 0.15) is 13.8 Å². The van der Waals surface area contributed by atoms with Crippen LogP contribution in [0.2, 0.25) is 0 Å². The van der Waals surface area contributed by atoms with Crippen LogP contribution in [0.3, 0.4) is 0 Å². The summed E-state index contributed by atoms with van der Waals surface area (Å²) in [5, 5.41) is 5.47. The number of rotatable bonds is 7. The number of amides is 1. The molecule has 7 nitrogen and oxygen atoms in total. The Labute approximate surface area is 112 Å². The van der Waals surface area contributed by atoms with Crippen molar-refractivity contribution in [2.75, 3.05) is 25.0 Å². The first-order valence-electron chi connectivity index (χ1n) is 5.96. The normalized spacial score (nSPS) is 11.1. The highest BCUT2D eigenvalue weighted by Gasteiger charge is 2.15. The third-order valence-corrected chi connectivity index (χ3v) is 3.59. The predicted molar refractivity (Wildman–Crippen MR) is 72.3 cm³/mol. The van der Waals surface area contributed by atoms with Gasteiger partial charge in [0.2, 0.25) is 15.9 Å². The zero-order chi connectivity index (χ0) is 14.3. The molecule has 19 heavy (non-hydrogen) atoms. The number of hydrogen-bond donors (Lipinski definition) is 3. The maximum atomic E-state index is 11.9. The highest BCUT2D eigenvalue weighted by molar-refractivity contribution is 7.89. The summed E-state index contributed by atoms with van der Waals surface area (Å²) < 4.78 is 25.9. The highest BCUT2D eigenvalue weighted by Crippen LogP contribution is 2.09. The van der Waals surface area contributed by atoms with E-state index < -0.39 is 10.0 Å². The summed E-state index contributed by atoms with van der Waals surface area (Å²) in [6.45, 7) is 4.55. The van der Waals surface area contributed by atoms with Crippen molar-refractivity contribution in [3.63, 3.8) is 0 Å². The molecule has 0 saturated carbocycles. The van der Waals surface area contributed by atoms with Crippen LogP contribution in [0.25, 0.3) is 0 Å². The number of hydrogen-bond acceptors (Lipinski definition) is 5. The first-order chi connectivity index (χ1) is 8.99. The van der Waals surface area contributed by atoms with E-state index in [4.69, 9.17) is 0 Å². The van der Waals surface area contributed by atoms with E-state index in [1.54, 1.807) is 13.0 Å². The molecule has 0 saturated heterocycles. The van der Waals surface area contributed by atoms with Crippen LogP contribution in [-0.2, 0) is 14.8 Å². The third kappa shape index (κ3) is 4.84. The van der Waals surface area contributed by atoms with Crippen LogP contribution in [0, 0.1) is 0 Å². The number of nitrogens with zero attached hydrogens (tertiary/aromatic N) is 1. The Kier molecular flexibility index (Phi) is 5.71. The molecule has 1 aromatic heterocycles. The Bertz CT molecular complexity index is 513. The lowest BCUT2D eigenvalue weighted by atomic mass is 10.4. The lowest BCUT2D eigenvalue weighted by Crippen LogP contribution is -2.36. The second kappa shape index (κ2) is 7.05. The van der Waals surface area contributed by atoms with E-state index in [0.29, 0.717) is 18.9 Å². The van der Waals surface area contributed by atoms with Crippen molar-refractivity contribution in [3.05, 3.63) is 18.3 Å². The number of carbonyl (C=O) groups is 1. The van der Waals surface area contributed by atoms with Gasteiger partial charge in [0.15, 0.2) is 0 Å². The van der Waals surface area contributed by atoms with Gasteiger partial charge in [-0.25, -0.2) is 18.1 Å². The van der Waals surface area contributed by atoms with E-state index in [1.165, 1.54) is 12.3 Å². The Balaban J connectivity index is 2.69. The van der Waals surface area contributed by atoms with Crippen LogP contribution in [-0.4, -0.2) is 38.9 Å². The molecule has 0 aliphatic carbocycles. The van der Waals surface area contributed by atoms with Gasteiger partial charge >= 0.3 is 0 Å². The molecule has 0 unspecified atom stereocenters. The van der Waals surface area contributed by atoms with Gasteiger partial charge in [0, 0.05) is 19.3 Å². The van der Waals surface area contributed by atoms with E-state index >= 15 is 0 Å². The fraction of sp³-hybridized carbons (Fsp3) is 0.455. The summed E-state index contributed by atoms with van der Waals surface area (Å²) in [5.74, 6) is 0.230. The van der Waals surface area contributed by atoms with Crippen molar-refractivity contribution in [1.82, 2.24) is 15.0 Å². The number of aromatic nitrogens is 1. The number of nitrogens with one attached hydrogen (secondary N) is 3. The summed E-state index contributed by atoms with van der Waals surface area (Å²) >= 11 is 0. The molecule has 0 aliphatic rings. The second-order valence-corrected chi connectivity index (χ2v) is 5.45. The molecular weight excluding hydrogens is 268 g/mol. The maximum absolute atomic E-state index is 11.9. The summed E-state index contributed by atoms with van der Waals surface area (Å²) in [5.41, 5.74) is 0. The van der Waals surface area contributed by atoms with E-state index in [-0.39, 0.29) is 17.3 Å². The molecule has 0 radical (unpaired) electrons. The van der Waals surface area contributed by atoms with E-state index in [2.05, 4.69) is 20.3 Å². The van der Waals surface area contributed by atoms with Crippen LogP contribution in [0.5, 0.6) is 0 Å². The first kappa shape index (κ1) is 15.4. The van der Waals surface area contributed by atoms with Gasteiger partial charge in [-0.3, -0.25) is 4.79 Å². The van der Waals surface area contributed by atoms with Gasteiger partial charge in [-0.15, -0.1) is 0 Å². The summed E-state index contributed by atoms with van der Waals surface area (Å²) in [7, 11) is -3.71. The molecule has 1 aromatic rings. The minimum Gasteiger partial charge on any atom is -0.370 e. The van der Waals surface area contributed by atoms with Crippen LogP contribution < -0.4 is 15.4 Å². The number of carbonyl (C=O) groups excluding carboxylic acids is 1. The quantitative estimate of drug-likeness (QED) is 0.651. The van der Waals surface area contributed by atoms with Gasteiger partial charge in [0.05, 0.1) is 6.54 Å². The van der Waals surface area contributed by atoms with E-state index in [9.17, 15) is 13.2 Å². The minimum atomic E-state index is -3.71. The van der Waals surface area contributed by atoms with E-state index in [0.717, 1.165) is 0 Å². The van der Waals surface area contributed by atoms with Crippen molar-refractivity contribution in [3.8, 4) is 0 Å². The lowest BCUT2D eigenvalue weighted by molar-refractivity contribution is -0.119. The van der Waals surface area contributed by atoms with Gasteiger partial charge in [0.1, 0.15) is 10.7 Å². The van der Waals surface area contributed by atoms with Crippen LogP contribution in [0.15, 0.2) is 23.2 Å². The monoisotopic (exact) mass is 286 g/mol. The number of sulfonamides is 1. The van der Waals surface area contributed by atoms with Crippen LogP contribution >= 0.6 is 0 Å². The van der Waals surface area contributed by atoms with Crippen LogP contribution in [0.4, 0.5) is 5.82 Å². The molecule has 1 heterocycles. The topological polar surface area (TPSA) is 100 Å². The fourth-order valence-corrected chi connectivity index (χ4v) is 2.25. The number of likely N-dealkylation sites (N-methyl/N-ethyl adjacent to an activating group) is 1. The minimum absolute atomic E-state index is 0.0263. The molecule has 0 spiro atoms. The molecule has 8 heteroatoms. The largest absolute Gasteiger partial charge is 0.370 e. The molecule has 1 rings (SSSR count). The first-order valence-corrected chi connectivity index (χ1v) is 7.44. The summed E-state index contributed by atoms with van der Waals surface area (Å²) in [6, 6.07) is 3.01. The standard InChI is InChI=1S/C11H18N4O3S/c1-3-12-10-6-5-9(7-14-10)19(17,18)15-8-11(16)13-4-2/h5-7,15H,3-4,8H2,1-2H3,(H,12,14)(H,13,16). The lowest BCUT2D eigenvalue weighted by Gasteiger charge is -2.07. The van der Waals surface area contributed by atoms with E-state index in [1.807, 2.05) is 6.92 Å². The molecular formula is C11H18N4O3S. The zero-order valence-electron chi connectivity index (χ0n) is 10.9. The molecule has 0 atom stereocenters. The molecule has 3 N–H and O–H groups in total. The fourth-order valence-electron chi connectivity index (χ4n) is 1.33. The van der Waals surface area contributed by atoms with Crippen molar-refractivity contribution in [1.29, 1.82) is 0 Å². The summed E-state index contributed by atoms with van der Waals surface area (Å²) in [6.07, 6.45) is 1.25. The van der Waals surface area contributed by atoms with Crippen molar-refractivity contribution >= 4 is 21.7 Å². The predicted octanol–water partition coefficient (Wildman–Crippen LogP) is -0.0722. The van der Waals surface area contributed by atoms with Gasteiger partial charge in [0.25, 0.3) is 0 Å². The van der Waals surface area contributed by atoms with Gasteiger partial charge in [-0.2, -0.15) is 0 Å².